The number of carbonyl (C=O) groups is 1. The minimum Gasteiger partial charge on any atom is -0.485 e. The molecule has 0 fully saturated rings. The maximum absolute atomic E-state index is 13.5. The van der Waals surface area contributed by atoms with Crippen molar-refractivity contribution < 1.29 is 26.7 Å². The predicted molar refractivity (Wildman–Crippen MR) is 134 cm³/mol. The summed E-state index contributed by atoms with van der Waals surface area (Å²) >= 11 is 6.03. The Labute approximate surface area is 216 Å². The fourth-order valence-corrected chi connectivity index (χ4v) is 4.56. The van der Waals surface area contributed by atoms with E-state index in [1.165, 1.54) is 24.4 Å². The molecular formula is C25H21ClF2N4O4S. The Morgan fingerprint density at radius 2 is 1.81 bits per heavy atom. The lowest BCUT2D eigenvalue weighted by Gasteiger charge is -2.12. The highest BCUT2D eigenvalue weighted by Crippen LogP contribution is 2.30. The highest BCUT2D eigenvalue weighted by atomic mass is 35.5. The lowest BCUT2D eigenvalue weighted by atomic mass is 10.2. The Morgan fingerprint density at radius 1 is 1.11 bits per heavy atom. The van der Waals surface area contributed by atoms with E-state index in [4.69, 9.17) is 16.3 Å². The van der Waals surface area contributed by atoms with E-state index in [0.29, 0.717) is 17.2 Å². The van der Waals surface area contributed by atoms with Crippen molar-refractivity contribution in [3.8, 4) is 17.1 Å². The molecule has 0 atom stereocenters. The van der Waals surface area contributed by atoms with Crippen molar-refractivity contribution in [3.63, 3.8) is 0 Å². The molecule has 4 aromatic rings. The average Bonchev–Trinajstić information content (AvgIpc) is 3.18. The number of nitrogens with zero attached hydrogens (tertiary/aromatic N) is 3. The van der Waals surface area contributed by atoms with Gasteiger partial charge in [0.15, 0.2) is 15.6 Å². The highest BCUT2D eigenvalue weighted by molar-refractivity contribution is 7.90. The molecule has 0 spiro atoms. The number of amides is 1. The summed E-state index contributed by atoms with van der Waals surface area (Å²) in [6, 6.07) is 8.72. The first-order valence-electron chi connectivity index (χ1n) is 10.8. The van der Waals surface area contributed by atoms with Gasteiger partial charge in [0.2, 0.25) is 0 Å². The second-order valence-corrected chi connectivity index (χ2v) is 10.8. The molecule has 37 heavy (non-hydrogen) atoms. The molecular weight excluding hydrogens is 526 g/mol. The van der Waals surface area contributed by atoms with Gasteiger partial charge in [0.05, 0.1) is 22.3 Å². The summed E-state index contributed by atoms with van der Waals surface area (Å²) in [6.45, 7) is 1.55. The number of anilines is 1. The fourth-order valence-electron chi connectivity index (χ4n) is 3.58. The van der Waals surface area contributed by atoms with E-state index in [2.05, 4.69) is 15.3 Å². The SMILES string of the molecule is Cc1ncc(OCc2cc(F)cc(F)c2)c(-c2cc(C(=O)Nc3cc(Cl)cc(S(C)(=O)=O)c3)cn2C)n1. The van der Waals surface area contributed by atoms with E-state index in [1.807, 2.05) is 0 Å². The van der Waals surface area contributed by atoms with Crippen molar-refractivity contribution in [2.75, 3.05) is 11.6 Å². The first-order valence-corrected chi connectivity index (χ1v) is 13.1. The molecule has 2 aromatic carbocycles. The molecule has 12 heteroatoms. The van der Waals surface area contributed by atoms with Crippen molar-refractivity contribution in [1.82, 2.24) is 14.5 Å². The number of aryl methyl sites for hydroxylation is 2. The molecule has 0 aliphatic rings. The van der Waals surface area contributed by atoms with E-state index in [9.17, 15) is 22.0 Å². The van der Waals surface area contributed by atoms with Crippen LogP contribution >= 0.6 is 11.6 Å². The van der Waals surface area contributed by atoms with Crippen molar-refractivity contribution >= 4 is 33.0 Å². The van der Waals surface area contributed by atoms with Gasteiger partial charge in [0, 0.05) is 36.3 Å². The summed E-state index contributed by atoms with van der Waals surface area (Å²) in [5, 5.41) is 2.81. The van der Waals surface area contributed by atoms with Gasteiger partial charge in [-0.15, -0.1) is 0 Å². The molecule has 192 valence electrons. The van der Waals surface area contributed by atoms with Crippen LogP contribution in [0.15, 0.2) is 59.8 Å². The zero-order chi connectivity index (χ0) is 26.9. The Hall–Kier alpha value is -3.83. The van der Waals surface area contributed by atoms with Gasteiger partial charge in [0.25, 0.3) is 5.91 Å². The Bertz CT molecular complexity index is 1600. The molecule has 0 bridgehead atoms. The second-order valence-electron chi connectivity index (χ2n) is 8.32. The van der Waals surface area contributed by atoms with Crippen LogP contribution in [0.25, 0.3) is 11.4 Å². The summed E-state index contributed by atoms with van der Waals surface area (Å²) in [5.41, 5.74) is 1.64. The molecule has 0 saturated carbocycles. The molecule has 1 N–H and O–H groups in total. The monoisotopic (exact) mass is 546 g/mol. The Kier molecular flexibility index (Phi) is 7.28. The van der Waals surface area contributed by atoms with Gasteiger partial charge >= 0.3 is 0 Å². The first-order chi connectivity index (χ1) is 17.4. The smallest absolute Gasteiger partial charge is 0.257 e. The molecule has 4 rings (SSSR count). The summed E-state index contributed by atoms with van der Waals surface area (Å²) in [4.78, 5) is 21.5. The van der Waals surface area contributed by atoms with Crippen molar-refractivity contribution in [1.29, 1.82) is 0 Å². The van der Waals surface area contributed by atoms with Crippen molar-refractivity contribution in [2.24, 2.45) is 7.05 Å². The summed E-state index contributed by atoms with van der Waals surface area (Å²) in [7, 11) is -1.83. The van der Waals surface area contributed by atoms with Crippen molar-refractivity contribution in [3.05, 3.63) is 88.5 Å². The molecule has 1 amide bonds. The number of hydrogen-bond donors (Lipinski definition) is 1. The number of ether oxygens (including phenoxy) is 1. The standard InChI is InChI=1S/C25H21ClF2N4O4S/c1-14-29-11-23(36-13-15-4-18(27)9-19(28)5-15)24(30-14)22-6-16(12-32(22)2)25(33)31-20-7-17(26)8-21(10-20)37(3,34)35/h4-12H,13H2,1-3H3,(H,31,33). The molecule has 2 aromatic heterocycles. The zero-order valence-electron chi connectivity index (χ0n) is 19.9. The van der Waals surface area contributed by atoms with E-state index in [0.717, 1.165) is 24.5 Å². The van der Waals surface area contributed by atoms with Crippen LogP contribution in [0, 0.1) is 18.6 Å². The first kappa shape index (κ1) is 26.2. The molecule has 2 heterocycles. The van der Waals surface area contributed by atoms with Gasteiger partial charge in [0.1, 0.15) is 29.8 Å². The van der Waals surface area contributed by atoms with Gasteiger partial charge in [-0.1, -0.05) is 11.6 Å². The molecule has 0 aliphatic heterocycles. The number of halogens is 3. The highest BCUT2D eigenvalue weighted by Gasteiger charge is 2.19. The van der Waals surface area contributed by atoms with Crippen LogP contribution in [0.1, 0.15) is 21.7 Å². The quantitative estimate of drug-likeness (QED) is 0.351. The number of carbonyl (C=O) groups excluding carboxylic acids is 1. The van der Waals surface area contributed by atoms with Crippen LogP contribution in [0.3, 0.4) is 0 Å². The van der Waals surface area contributed by atoms with E-state index >= 15 is 0 Å². The van der Waals surface area contributed by atoms with E-state index in [-0.39, 0.29) is 39.1 Å². The number of rotatable bonds is 7. The third-order valence-corrected chi connectivity index (χ3v) is 6.57. The Morgan fingerprint density at radius 3 is 2.49 bits per heavy atom. The summed E-state index contributed by atoms with van der Waals surface area (Å²) in [6.07, 6.45) is 4.05. The number of nitrogens with one attached hydrogen (secondary N) is 1. The summed E-state index contributed by atoms with van der Waals surface area (Å²) in [5.74, 6) is -1.26. The van der Waals surface area contributed by atoms with Crippen LogP contribution in [-0.4, -0.2) is 35.1 Å². The maximum atomic E-state index is 13.5. The molecule has 0 unspecified atom stereocenters. The Balaban J connectivity index is 1.61. The molecule has 0 saturated heterocycles. The van der Waals surface area contributed by atoms with Gasteiger partial charge in [-0.05, 0) is 48.9 Å². The van der Waals surface area contributed by atoms with Crippen LogP contribution in [0.2, 0.25) is 5.02 Å². The fraction of sp³-hybridized carbons (Fsp3) is 0.160. The number of hydrogen-bond acceptors (Lipinski definition) is 6. The molecule has 0 radical (unpaired) electrons. The van der Waals surface area contributed by atoms with Gasteiger partial charge in [-0.2, -0.15) is 0 Å². The van der Waals surface area contributed by atoms with E-state index < -0.39 is 27.4 Å². The van der Waals surface area contributed by atoms with Crippen molar-refractivity contribution in [2.45, 2.75) is 18.4 Å². The number of sulfone groups is 1. The zero-order valence-corrected chi connectivity index (χ0v) is 21.5. The van der Waals surface area contributed by atoms with Crippen LogP contribution in [-0.2, 0) is 23.5 Å². The average molecular weight is 547 g/mol. The van der Waals surface area contributed by atoms with E-state index in [1.54, 1.807) is 30.8 Å². The predicted octanol–water partition coefficient (Wildman–Crippen LogP) is 4.96. The third kappa shape index (κ3) is 6.30. The lowest BCUT2D eigenvalue weighted by Crippen LogP contribution is -2.11. The van der Waals surface area contributed by atoms with Gasteiger partial charge < -0.3 is 14.6 Å². The number of aromatic nitrogens is 3. The molecule has 8 nitrogen and oxygen atoms in total. The second kappa shape index (κ2) is 10.3. The minimum absolute atomic E-state index is 0.0273. The largest absolute Gasteiger partial charge is 0.485 e. The van der Waals surface area contributed by atoms with Gasteiger partial charge in [-0.3, -0.25) is 4.79 Å². The topological polar surface area (TPSA) is 103 Å². The third-order valence-electron chi connectivity index (χ3n) is 5.26. The lowest BCUT2D eigenvalue weighted by molar-refractivity contribution is 0.102. The minimum atomic E-state index is -3.54. The summed E-state index contributed by atoms with van der Waals surface area (Å²) < 4.78 is 58.3. The normalized spacial score (nSPS) is 11.4. The number of benzene rings is 2. The van der Waals surface area contributed by atoms with Crippen LogP contribution < -0.4 is 10.1 Å². The maximum Gasteiger partial charge on any atom is 0.257 e. The van der Waals surface area contributed by atoms with Crippen LogP contribution in [0.4, 0.5) is 14.5 Å². The van der Waals surface area contributed by atoms with Gasteiger partial charge in [-0.25, -0.2) is 27.2 Å². The molecule has 0 aliphatic carbocycles. The van der Waals surface area contributed by atoms with Crippen LogP contribution in [0.5, 0.6) is 5.75 Å².